The average molecular weight is 633 g/mol. The minimum atomic E-state index is -4.16. The molecule has 2 atom stereocenters. The fourth-order valence-corrected chi connectivity index (χ4v) is 6.59. The predicted molar refractivity (Wildman–Crippen MR) is 171 cm³/mol. The monoisotopic (exact) mass is 631 g/mol. The first kappa shape index (κ1) is 33.4. The number of hydrogen-bond donors (Lipinski definition) is 1. The minimum absolute atomic E-state index is 0.0639. The molecule has 0 unspecified atom stereocenters. The molecule has 10 heteroatoms. The normalized spacial score (nSPS) is 12.8. The molecule has 0 aliphatic carbocycles. The van der Waals surface area contributed by atoms with Crippen LogP contribution in [0.4, 0.5) is 5.69 Å². The Balaban J connectivity index is 2.14. The Morgan fingerprint density at radius 1 is 0.881 bits per heavy atom. The molecule has 3 rings (SSSR count). The number of nitrogens with one attached hydrogen (secondary N) is 1. The first-order valence-electron chi connectivity index (χ1n) is 14.1. The molecule has 0 fully saturated rings. The second-order valence-electron chi connectivity index (χ2n) is 10.3. The number of amides is 2. The van der Waals surface area contributed by atoms with E-state index in [-0.39, 0.29) is 23.4 Å². The molecule has 0 radical (unpaired) electrons. The first-order valence-corrected chi connectivity index (χ1v) is 16.3. The largest absolute Gasteiger partial charge is 0.352 e. The lowest BCUT2D eigenvalue weighted by Gasteiger charge is -2.34. The van der Waals surface area contributed by atoms with Gasteiger partial charge in [-0.05, 0) is 69.0 Å². The summed E-state index contributed by atoms with van der Waals surface area (Å²) in [6.45, 7) is 8.85. The van der Waals surface area contributed by atoms with Crippen molar-refractivity contribution in [1.82, 2.24) is 10.2 Å². The number of rotatable bonds is 13. The summed E-state index contributed by atoms with van der Waals surface area (Å²) in [6, 6.07) is 17.6. The van der Waals surface area contributed by atoms with Gasteiger partial charge in [-0.1, -0.05) is 85.9 Å². The molecule has 0 aromatic heterocycles. The van der Waals surface area contributed by atoms with Crippen LogP contribution in [0.25, 0.3) is 0 Å². The molecule has 0 saturated heterocycles. The number of carbonyl (C=O) groups excluding carboxylic acids is 2. The summed E-state index contributed by atoms with van der Waals surface area (Å²) in [6.07, 6.45) is 1.56. The van der Waals surface area contributed by atoms with E-state index in [1.54, 1.807) is 42.5 Å². The zero-order chi connectivity index (χ0) is 31.0. The number of sulfonamides is 1. The lowest BCUT2D eigenvalue weighted by atomic mass is 10.1. The zero-order valence-corrected chi connectivity index (χ0v) is 27.1. The standard InChI is InChI=1S/C32H39Cl2N3O4S/c1-6-23(5)35-32(39)29(8-3)36(20-26-27(33)13-11-14-28(26)34)31(38)21-37(30-15-10-9-12-24(30)7-2)42(40,41)25-18-16-22(4)17-19-25/h9-19,23,29H,6-8,20-21H2,1-5H3,(H,35,39)/t23-,29-/m0/s1. The van der Waals surface area contributed by atoms with E-state index < -0.39 is 28.5 Å². The van der Waals surface area contributed by atoms with Crippen LogP contribution in [-0.2, 0) is 32.6 Å². The van der Waals surface area contributed by atoms with Crippen LogP contribution < -0.4 is 9.62 Å². The molecule has 226 valence electrons. The van der Waals surface area contributed by atoms with E-state index >= 15 is 0 Å². The molecular formula is C32H39Cl2N3O4S. The van der Waals surface area contributed by atoms with Gasteiger partial charge < -0.3 is 10.2 Å². The van der Waals surface area contributed by atoms with E-state index in [4.69, 9.17) is 23.2 Å². The van der Waals surface area contributed by atoms with Gasteiger partial charge in [0.25, 0.3) is 10.0 Å². The molecule has 3 aromatic carbocycles. The highest BCUT2D eigenvalue weighted by molar-refractivity contribution is 7.92. The third kappa shape index (κ3) is 7.85. The number of nitrogens with zero attached hydrogens (tertiary/aromatic N) is 2. The van der Waals surface area contributed by atoms with Crippen LogP contribution in [-0.4, -0.2) is 43.8 Å². The lowest BCUT2D eigenvalue weighted by Crippen LogP contribution is -2.53. The Morgan fingerprint density at radius 2 is 1.50 bits per heavy atom. The quantitative estimate of drug-likeness (QED) is 0.225. The highest BCUT2D eigenvalue weighted by Gasteiger charge is 2.35. The molecule has 0 aliphatic heterocycles. The van der Waals surface area contributed by atoms with Crippen molar-refractivity contribution in [2.75, 3.05) is 10.8 Å². The molecular weight excluding hydrogens is 593 g/mol. The van der Waals surface area contributed by atoms with Gasteiger partial charge in [0.05, 0.1) is 10.6 Å². The van der Waals surface area contributed by atoms with Crippen LogP contribution in [0.5, 0.6) is 0 Å². The summed E-state index contributed by atoms with van der Waals surface area (Å²) in [7, 11) is -4.16. The number of halogens is 2. The van der Waals surface area contributed by atoms with Gasteiger partial charge in [0.15, 0.2) is 0 Å². The van der Waals surface area contributed by atoms with Gasteiger partial charge in [0.1, 0.15) is 12.6 Å². The topological polar surface area (TPSA) is 86.8 Å². The molecule has 0 spiro atoms. The third-order valence-electron chi connectivity index (χ3n) is 7.31. The van der Waals surface area contributed by atoms with E-state index in [0.29, 0.717) is 40.6 Å². The Bertz CT molecular complexity index is 1480. The van der Waals surface area contributed by atoms with Crippen LogP contribution in [0.1, 0.15) is 57.2 Å². The summed E-state index contributed by atoms with van der Waals surface area (Å²) in [5.74, 6) is -0.885. The van der Waals surface area contributed by atoms with Gasteiger partial charge in [-0.25, -0.2) is 8.42 Å². The van der Waals surface area contributed by atoms with Crippen molar-refractivity contribution in [1.29, 1.82) is 0 Å². The van der Waals surface area contributed by atoms with Crippen molar-refractivity contribution in [2.45, 2.75) is 77.4 Å². The van der Waals surface area contributed by atoms with E-state index in [1.165, 1.54) is 17.0 Å². The summed E-state index contributed by atoms with van der Waals surface area (Å²) < 4.78 is 29.4. The number of para-hydroxylation sites is 1. The van der Waals surface area contributed by atoms with Gasteiger partial charge in [-0.15, -0.1) is 0 Å². The van der Waals surface area contributed by atoms with E-state index in [2.05, 4.69) is 5.32 Å². The Morgan fingerprint density at radius 3 is 2.07 bits per heavy atom. The van der Waals surface area contributed by atoms with Gasteiger partial charge >= 0.3 is 0 Å². The van der Waals surface area contributed by atoms with Gasteiger partial charge in [-0.3, -0.25) is 13.9 Å². The summed E-state index contributed by atoms with van der Waals surface area (Å²) in [5.41, 5.74) is 2.56. The van der Waals surface area contributed by atoms with E-state index in [9.17, 15) is 18.0 Å². The summed E-state index contributed by atoms with van der Waals surface area (Å²) >= 11 is 13.0. The number of aryl methyl sites for hydroxylation is 2. The maximum absolute atomic E-state index is 14.3. The lowest BCUT2D eigenvalue weighted by molar-refractivity contribution is -0.140. The van der Waals surface area contributed by atoms with Crippen molar-refractivity contribution in [3.63, 3.8) is 0 Å². The zero-order valence-electron chi connectivity index (χ0n) is 24.7. The molecule has 7 nitrogen and oxygen atoms in total. The molecule has 0 aliphatic rings. The molecule has 0 saturated carbocycles. The number of hydrogen-bond acceptors (Lipinski definition) is 4. The van der Waals surface area contributed by atoms with Crippen LogP contribution >= 0.6 is 23.2 Å². The highest BCUT2D eigenvalue weighted by Crippen LogP contribution is 2.30. The molecule has 1 N–H and O–H groups in total. The van der Waals surface area contributed by atoms with Crippen LogP contribution in [0.3, 0.4) is 0 Å². The summed E-state index contributed by atoms with van der Waals surface area (Å²) in [5, 5.41) is 3.66. The number of carbonyl (C=O) groups is 2. The van der Waals surface area contributed by atoms with Crippen molar-refractivity contribution in [3.8, 4) is 0 Å². The fourth-order valence-electron chi connectivity index (χ4n) is 4.62. The minimum Gasteiger partial charge on any atom is -0.352 e. The second-order valence-corrected chi connectivity index (χ2v) is 12.9. The maximum Gasteiger partial charge on any atom is 0.264 e. The van der Waals surface area contributed by atoms with Crippen molar-refractivity contribution in [3.05, 3.63) is 93.5 Å². The van der Waals surface area contributed by atoms with Crippen molar-refractivity contribution in [2.24, 2.45) is 0 Å². The van der Waals surface area contributed by atoms with E-state index in [0.717, 1.165) is 15.4 Å². The molecule has 3 aromatic rings. The second kappa shape index (κ2) is 14.9. The van der Waals surface area contributed by atoms with Gasteiger partial charge in [0, 0.05) is 28.2 Å². The first-order chi connectivity index (χ1) is 19.9. The SMILES string of the molecule is CCc1ccccc1N(CC(=O)N(Cc1c(Cl)cccc1Cl)[C@@H](CC)C(=O)N[C@@H](C)CC)S(=O)(=O)c1ccc(C)cc1. The van der Waals surface area contributed by atoms with Crippen molar-refractivity contribution < 1.29 is 18.0 Å². The summed E-state index contributed by atoms with van der Waals surface area (Å²) in [4.78, 5) is 29.2. The highest BCUT2D eigenvalue weighted by atomic mass is 35.5. The smallest absolute Gasteiger partial charge is 0.264 e. The van der Waals surface area contributed by atoms with Gasteiger partial charge in [-0.2, -0.15) is 0 Å². The third-order valence-corrected chi connectivity index (χ3v) is 9.79. The van der Waals surface area contributed by atoms with Crippen LogP contribution in [0.15, 0.2) is 71.6 Å². The Hall–Kier alpha value is -3.07. The Kier molecular flexibility index (Phi) is 11.9. The predicted octanol–water partition coefficient (Wildman–Crippen LogP) is 6.78. The Labute approximate surface area is 259 Å². The maximum atomic E-state index is 14.3. The molecule has 2 amide bonds. The molecule has 0 bridgehead atoms. The number of anilines is 1. The van der Waals surface area contributed by atoms with Crippen LogP contribution in [0.2, 0.25) is 10.0 Å². The molecule has 42 heavy (non-hydrogen) atoms. The van der Waals surface area contributed by atoms with Crippen molar-refractivity contribution >= 4 is 50.7 Å². The van der Waals surface area contributed by atoms with Crippen LogP contribution in [0, 0.1) is 6.92 Å². The van der Waals surface area contributed by atoms with E-state index in [1.807, 2.05) is 46.8 Å². The number of benzene rings is 3. The molecule has 0 heterocycles. The average Bonchev–Trinajstić information content (AvgIpc) is 2.97. The fraction of sp³-hybridized carbons (Fsp3) is 0.375. The van der Waals surface area contributed by atoms with Gasteiger partial charge in [0.2, 0.25) is 11.8 Å².